The third kappa shape index (κ3) is 6.33. The molecule has 0 aromatic heterocycles. The van der Waals surface area contributed by atoms with Crippen molar-refractivity contribution in [2.75, 3.05) is 6.61 Å². The van der Waals surface area contributed by atoms with Gasteiger partial charge in [-0.05, 0) is 12.0 Å². The number of ether oxygens (including phenoxy) is 1. The summed E-state index contributed by atoms with van der Waals surface area (Å²) in [7, 11) is 0. The van der Waals surface area contributed by atoms with Gasteiger partial charge in [0.25, 0.3) is 0 Å². The average Bonchev–Trinajstić information content (AvgIpc) is 2.44. The molecular formula is C15H21NO4. The number of amides is 1. The van der Waals surface area contributed by atoms with Crippen LogP contribution in [0.3, 0.4) is 0 Å². The van der Waals surface area contributed by atoms with Crippen molar-refractivity contribution < 1.29 is 19.4 Å². The van der Waals surface area contributed by atoms with Crippen molar-refractivity contribution in [1.29, 1.82) is 0 Å². The molecule has 0 saturated carbocycles. The third-order valence-electron chi connectivity index (χ3n) is 2.82. The molecule has 0 aliphatic carbocycles. The molecule has 0 bridgehead atoms. The van der Waals surface area contributed by atoms with Crippen LogP contribution in [0.5, 0.6) is 0 Å². The molecule has 0 heterocycles. The number of unbranched alkanes of at least 4 members (excludes halogenated alkanes) is 1. The maximum absolute atomic E-state index is 11.6. The maximum Gasteiger partial charge on any atom is 0.326 e. The monoisotopic (exact) mass is 279 g/mol. The van der Waals surface area contributed by atoms with Crippen molar-refractivity contribution >= 4 is 11.9 Å². The second kappa shape index (κ2) is 9.09. The quantitative estimate of drug-likeness (QED) is 0.724. The summed E-state index contributed by atoms with van der Waals surface area (Å²) in [4.78, 5) is 22.6. The van der Waals surface area contributed by atoms with Gasteiger partial charge in [0.05, 0.1) is 6.61 Å². The first kappa shape index (κ1) is 16.2. The minimum absolute atomic E-state index is 0.134. The molecular weight excluding hydrogens is 258 g/mol. The lowest BCUT2D eigenvalue weighted by Gasteiger charge is -2.14. The molecule has 0 radical (unpaired) electrons. The van der Waals surface area contributed by atoms with Crippen LogP contribution in [0.25, 0.3) is 0 Å². The van der Waals surface area contributed by atoms with Crippen LogP contribution in [0.1, 0.15) is 31.7 Å². The minimum Gasteiger partial charge on any atom is -0.480 e. The Morgan fingerprint density at radius 3 is 2.60 bits per heavy atom. The van der Waals surface area contributed by atoms with Crippen LogP contribution >= 0.6 is 0 Å². The van der Waals surface area contributed by atoms with Crippen LogP contribution in [0.15, 0.2) is 30.3 Å². The van der Waals surface area contributed by atoms with E-state index < -0.39 is 17.9 Å². The highest BCUT2D eigenvalue weighted by Gasteiger charge is 2.18. The number of hydrogen-bond acceptors (Lipinski definition) is 3. The molecule has 1 atom stereocenters. The second-order valence-corrected chi connectivity index (χ2v) is 4.58. The highest BCUT2D eigenvalue weighted by atomic mass is 16.5. The van der Waals surface area contributed by atoms with Crippen molar-refractivity contribution in [3.8, 4) is 0 Å². The van der Waals surface area contributed by atoms with Gasteiger partial charge in [0.1, 0.15) is 12.6 Å². The molecule has 2 N–H and O–H groups in total. The molecule has 0 unspecified atom stereocenters. The van der Waals surface area contributed by atoms with Crippen LogP contribution < -0.4 is 5.32 Å². The molecule has 110 valence electrons. The Morgan fingerprint density at radius 1 is 1.30 bits per heavy atom. The topological polar surface area (TPSA) is 75.6 Å². The van der Waals surface area contributed by atoms with Gasteiger partial charge in [-0.3, -0.25) is 4.79 Å². The SMILES string of the molecule is CCCC[C@@H](NC(=O)COCc1ccccc1)C(=O)O. The summed E-state index contributed by atoms with van der Waals surface area (Å²) >= 11 is 0. The average molecular weight is 279 g/mol. The maximum atomic E-state index is 11.6. The Balaban J connectivity index is 2.29. The molecule has 0 aliphatic rings. The standard InChI is InChI=1S/C15H21NO4/c1-2-3-9-13(15(18)19)16-14(17)11-20-10-12-7-5-4-6-8-12/h4-8,13H,2-3,9-11H2,1H3,(H,16,17)(H,18,19)/t13-/m1/s1. The van der Waals surface area contributed by atoms with Crippen LogP contribution in [0.2, 0.25) is 0 Å². The summed E-state index contributed by atoms with van der Waals surface area (Å²) in [6, 6.07) is 8.66. The van der Waals surface area contributed by atoms with E-state index in [0.29, 0.717) is 13.0 Å². The largest absolute Gasteiger partial charge is 0.480 e. The van der Waals surface area contributed by atoms with E-state index in [4.69, 9.17) is 9.84 Å². The molecule has 1 rings (SSSR count). The lowest BCUT2D eigenvalue weighted by atomic mass is 10.1. The van der Waals surface area contributed by atoms with E-state index in [0.717, 1.165) is 18.4 Å². The zero-order valence-corrected chi connectivity index (χ0v) is 11.7. The summed E-state index contributed by atoms with van der Waals surface area (Å²) in [6.45, 7) is 2.18. The van der Waals surface area contributed by atoms with Gasteiger partial charge in [-0.15, -0.1) is 0 Å². The summed E-state index contributed by atoms with van der Waals surface area (Å²) in [5.41, 5.74) is 0.973. The smallest absolute Gasteiger partial charge is 0.326 e. The van der Waals surface area contributed by atoms with Crippen molar-refractivity contribution in [2.24, 2.45) is 0 Å². The van der Waals surface area contributed by atoms with Gasteiger partial charge in [-0.2, -0.15) is 0 Å². The predicted octanol–water partition coefficient (Wildman–Crippen LogP) is 1.96. The molecule has 20 heavy (non-hydrogen) atoms. The molecule has 5 heteroatoms. The van der Waals surface area contributed by atoms with Gasteiger partial charge in [0.2, 0.25) is 5.91 Å². The van der Waals surface area contributed by atoms with Crippen molar-refractivity contribution in [3.05, 3.63) is 35.9 Å². The van der Waals surface area contributed by atoms with Gasteiger partial charge in [-0.1, -0.05) is 50.1 Å². The zero-order valence-electron chi connectivity index (χ0n) is 11.7. The molecule has 0 saturated heterocycles. The number of carboxylic acid groups (broad SMARTS) is 1. The fourth-order valence-corrected chi connectivity index (χ4v) is 1.74. The molecule has 5 nitrogen and oxygen atoms in total. The number of carbonyl (C=O) groups is 2. The van der Waals surface area contributed by atoms with Crippen LogP contribution in [-0.2, 0) is 20.9 Å². The second-order valence-electron chi connectivity index (χ2n) is 4.58. The van der Waals surface area contributed by atoms with E-state index in [1.165, 1.54) is 0 Å². The number of aliphatic carboxylic acids is 1. The van der Waals surface area contributed by atoms with E-state index in [-0.39, 0.29) is 6.61 Å². The molecule has 1 amide bonds. The van der Waals surface area contributed by atoms with E-state index in [1.807, 2.05) is 37.3 Å². The Morgan fingerprint density at radius 2 is 2.00 bits per heavy atom. The van der Waals surface area contributed by atoms with Crippen LogP contribution in [0, 0.1) is 0 Å². The number of benzene rings is 1. The lowest BCUT2D eigenvalue weighted by molar-refractivity contribution is -0.142. The number of carboxylic acids is 1. The fourth-order valence-electron chi connectivity index (χ4n) is 1.74. The van der Waals surface area contributed by atoms with E-state index >= 15 is 0 Å². The number of rotatable bonds is 9. The Bertz CT molecular complexity index is 419. The zero-order chi connectivity index (χ0) is 14.8. The van der Waals surface area contributed by atoms with Gasteiger partial charge >= 0.3 is 5.97 Å². The molecule has 1 aromatic carbocycles. The van der Waals surface area contributed by atoms with E-state index in [1.54, 1.807) is 0 Å². The summed E-state index contributed by atoms with van der Waals surface area (Å²) < 4.78 is 5.26. The van der Waals surface area contributed by atoms with E-state index in [2.05, 4.69) is 5.32 Å². The third-order valence-corrected chi connectivity index (χ3v) is 2.82. The summed E-state index contributed by atoms with van der Waals surface area (Å²) in [6.07, 6.45) is 2.10. The van der Waals surface area contributed by atoms with Crippen LogP contribution in [0.4, 0.5) is 0 Å². The van der Waals surface area contributed by atoms with Crippen molar-refractivity contribution in [1.82, 2.24) is 5.32 Å². The number of nitrogens with one attached hydrogen (secondary N) is 1. The highest BCUT2D eigenvalue weighted by molar-refractivity contribution is 5.84. The first-order valence-electron chi connectivity index (χ1n) is 6.77. The molecule has 0 fully saturated rings. The minimum atomic E-state index is -1.00. The Kier molecular flexibility index (Phi) is 7.35. The van der Waals surface area contributed by atoms with Gasteiger partial charge in [-0.25, -0.2) is 4.79 Å². The summed E-state index contributed by atoms with van der Waals surface area (Å²) in [5.74, 6) is -1.40. The van der Waals surface area contributed by atoms with Crippen LogP contribution in [-0.4, -0.2) is 29.6 Å². The molecule has 0 spiro atoms. The van der Waals surface area contributed by atoms with Crippen molar-refractivity contribution in [2.45, 2.75) is 38.8 Å². The first-order valence-corrected chi connectivity index (χ1v) is 6.77. The Hall–Kier alpha value is -1.88. The van der Waals surface area contributed by atoms with E-state index in [9.17, 15) is 9.59 Å². The first-order chi connectivity index (χ1) is 9.63. The van der Waals surface area contributed by atoms with Gasteiger partial charge < -0.3 is 15.2 Å². The van der Waals surface area contributed by atoms with Gasteiger partial charge in [0, 0.05) is 0 Å². The lowest BCUT2D eigenvalue weighted by Crippen LogP contribution is -2.42. The number of carbonyl (C=O) groups excluding carboxylic acids is 1. The number of hydrogen-bond donors (Lipinski definition) is 2. The Labute approximate surface area is 118 Å². The normalized spacial score (nSPS) is 11.8. The molecule has 1 aromatic rings. The summed E-state index contributed by atoms with van der Waals surface area (Å²) in [5, 5.41) is 11.5. The molecule has 0 aliphatic heterocycles. The predicted molar refractivity (Wildman–Crippen MR) is 75.2 cm³/mol. The van der Waals surface area contributed by atoms with Gasteiger partial charge in [0.15, 0.2) is 0 Å². The highest BCUT2D eigenvalue weighted by Crippen LogP contribution is 2.02. The fraction of sp³-hybridized carbons (Fsp3) is 0.467. The van der Waals surface area contributed by atoms with Crippen molar-refractivity contribution in [3.63, 3.8) is 0 Å².